The standard InChI is InChI=1S/C19H21ClN6O.C19H20N4O.C18H19ClN4O.C17H17N5O.C17H20N4O.C16H16ClN5/c20-14-1-3-15(4-2-14)26-17-13-22-8-6-16(17)19(23-26)25-11-9-24(10-12-25)18(27)5-7-21;1-13-2-4-14(5-3-13)23-18-10-20-9-8-17(18)19(21-23)22-11-15-6-7-16(12-22)24-15;1-12-10-22(11-13(2)24-12)18-16-7-8-20-9-17(16)23(21-18)15-5-3-14(19)4-6-15;1-12-2-4-13(5-3-12)22-15-10-18-7-6-14(15)17(20-22)21-9-8-19-16(23)11-21;1-13-4-6-14(7-5-13)21-16-12-18-9-8-15(16)17(19-21)20(2)10-11-22-3;17-12-1-3-13(4-2-12)22-15-11-19-6-5-14(15)16(20-22)21-9-7-18-8-10-21/h1-4,6,8,13H,5,7,9-12,21H2;2-5,8-10,15-16H,6-7,11-12H2,1H3;3-9,12-13H,10-11H2,1-2H3;2-7,10H,8-9,11H2,1H3,(H,19,23);4-9,12H,10-11H2,1-3H3;1-6,11,18H,7-10H2/t;;12-,13+;;;. The number of carbonyl (C=O) groups excluding carboxylic acids is 2. The Morgan fingerprint density at radius 3 is 1.08 bits per heavy atom. The number of pyridine rings is 6. The number of ether oxygens (including phenoxy) is 3. The van der Waals surface area contributed by atoms with Crippen LogP contribution >= 0.6 is 34.8 Å². The summed E-state index contributed by atoms with van der Waals surface area (Å²) < 4.78 is 28.6. The minimum atomic E-state index is 0.0309. The fourth-order valence-electron chi connectivity index (χ4n) is 18.7. The van der Waals surface area contributed by atoms with Crippen LogP contribution in [0.15, 0.2) is 256 Å². The first-order valence-electron chi connectivity index (χ1n) is 48.0. The number of hydrogen-bond acceptors (Lipinski definition) is 25. The van der Waals surface area contributed by atoms with Crippen LogP contribution in [0.3, 0.4) is 0 Å². The number of aryl methyl sites for hydroxylation is 3. The Kier molecular flexibility index (Phi) is 29.9. The number of methoxy groups -OCH3 is 1. The smallest absolute Gasteiger partial charge is 0.239 e. The van der Waals surface area contributed by atoms with Gasteiger partial charge in [-0.1, -0.05) is 87.9 Å². The van der Waals surface area contributed by atoms with E-state index in [0.29, 0.717) is 68.0 Å². The fourth-order valence-corrected chi connectivity index (χ4v) is 19.1. The van der Waals surface area contributed by atoms with Gasteiger partial charge in [0.15, 0.2) is 34.9 Å². The van der Waals surface area contributed by atoms with Crippen molar-refractivity contribution in [2.45, 2.75) is 78.3 Å². The predicted octanol–water partition coefficient (Wildman–Crippen LogP) is 15.8. The first-order chi connectivity index (χ1) is 69.3. The summed E-state index contributed by atoms with van der Waals surface area (Å²) in [4.78, 5) is 64.6. The highest BCUT2D eigenvalue weighted by Gasteiger charge is 2.37. The van der Waals surface area contributed by atoms with Crippen molar-refractivity contribution >= 4 is 147 Å². The molecule has 18 heterocycles. The van der Waals surface area contributed by atoms with E-state index in [1.54, 1.807) is 25.7 Å². The first kappa shape index (κ1) is 96.3. The number of morpholine rings is 2. The molecule has 33 nitrogen and oxygen atoms in total. The van der Waals surface area contributed by atoms with Crippen LogP contribution in [0.1, 0.15) is 49.8 Å². The lowest BCUT2D eigenvalue weighted by atomic mass is 10.2. The van der Waals surface area contributed by atoms with Crippen molar-refractivity contribution in [3.63, 3.8) is 0 Å². The second-order valence-electron chi connectivity index (χ2n) is 36.1. The van der Waals surface area contributed by atoms with Crippen molar-refractivity contribution in [3.8, 4) is 34.1 Å². The third-order valence-electron chi connectivity index (χ3n) is 25.9. The van der Waals surface area contributed by atoms with E-state index < -0.39 is 0 Å². The second-order valence-corrected chi connectivity index (χ2v) is 37.4. The Balaban J connectivity index is 0.000000108. The van der Waals surface area contributed by atoms with Crippen molar-refractivity contribution in [1.29, 1.82) is 0 Å². The summed E-state index contributed by atoms with van der Waals surface area (Å²) >= 11 is 18.0. The van der Waals surface area contributed by atoms with E-state index in [9.17, 15) is 9.59 Å². The molecule has 18 aromatic rings. The van der Waals surface area contributed by atoms with Gasteiger partial charge in [-0.2, -0.15) is 0 Å². The number of piperazine rings is 3. The van der Waals surface area contributed by atoms with Crippen molar-refractivity contribution in [2.24, 2.45) is 5.73 Å². The zero-order valence-corrected chi connectivity index (χ0v) is 82.6. The van der Waals surface area contributed by atoms with Gasteiger partial charge in [0.05, 0.1) is 142 Å². The van der Waals surface area contributed by atoms with Gasteiger partial charge in [0.2, 0.25) is 11.8 Å². The molecule has 2 amide bonds. The monoisotopic (exact) mass is 1960 g/mol. The van der Waals surface area contributed by atoms with Crippen LogP contribution in [0, 0.1) is 20.8 Å². The minimum absolute atomic E-state index is 0.0309. The average Bonchev–Trinajstić information content (AvgIpc) is 1.63. The summed E-state index contributed by atoms with van der Waals surface area (Å²) in [6.07, 6.45) is 25.8. The zero-order chi connectivity index (χ0) is 97.9. The SMILES string of the molecule is COCCN(C)c1nn(-c2ccc(C)cc2)c2cnccc12.C[C@@H]1CN(c2nn(-c3ccc(Cl)cc3)c3cnccc23)C[C@H](C)O1.Cc1ccc(-n2nc(N3CC4CCC(C3)O4)c3ccncc32)cc1.Cc1ccc(-n2nc(N3CCNC(=O)C3)c3ccncc32)cc1.Clc1ccc(-n2nc(N3CCNCC3)c3ccncc32)cc1.NCCC(=O)N1CCN(c2nn(-c3ccc(Cl)cc3)c3cnccc23)CC1. The third-order valence-corrected chi connectivity index (χ3v) is 26.7. The molecule has 142 heavy (non-hydrogen) atoms. The molecule has 4 atom stereocenters. The van der Waals surface area contributed by atoms with Crippen LogP contribution < -0.4 is 45.8 Å². The van der Waals surface area contributed by atoms with Crippen LogP contribution in [-0.4, -0.2) is 262 Å². The highest BCUT2D eigenvalue weighted by molar-refractivity contribution is 6.31. The molecular formula is C106H113Cl3N28O5. The third kappa shape index (κ3) is 21.7. The van der Waals surface area contributed by atoms with Crippen LogP contribution in [0.5, 0.6) is 0 Å². The van der Waals surface area contributed by atoms with Gasteiger partial charge < -0.3 is 64.9 Å². The van der Waals surface area contributed by atoms with E-state index in [1.165, 1.54) is 29.5 Å². The molecule has 0 aliphatic carbocycles. The molecule has 12 aromatic heterocycles. The number of nitrogens with two attached hydrogens (primary N) is 1. The summed E-state index contributed by atoms with van der Waals surface area (Å²) in [6.45, 7) is 24.3. The number of aromatic nitrogens is 18. The molecular weight excluding hydrogens is 1850 g/mol. The number of nitrogens with one attached hydrogen (secondary N) is 2. The van der Waals surface area contributed by atoms with E-state index in [2.05, 4.69) is 166 Å². The number of benzene rings is 6. The van der Waals surface area contributed by atoms with Gasteiger partial charge in [0.25, 0.3) is 0 Å². The Labute approximate surface area is 837 Å². The molecule has 24 rings (SSSR count). The van der Waals surface area contributed by atoms with Gasteiger partial charge in [-0.3, -0.25) is 39.5 Å². The molecule has 6 aromatic carbocycles. The number of anilines is 6. The molecule has 0 spiro atoms. The normalized spacial score (nSPS) is 16.9. The molecule has 6 fully saturated rings. The lowest BCUT2D eigenvalue weighted by Crippen LogP contribution is -2.49. The molecule has 4 N–H and O–H groups in total. The lowest BCUT2D eigenvalue weighted by molar-refractivity contribution is -0.131. The van der Waals surface area contributed by atoms with Crippen LogP contribution in [0.2, 0.25) is 15.1 Å². The Morgan fingerprint density at radius 1 is 0.401 bits per heavy atom. The Morgan fingerprint density at radius 2 is 0.718 bits per heavy atom. The molecule has 0 saturated carbocycles. The maximum atomic E-state index is 12.1. The van der Waals surface area contributed by atoms with Gasteiger partial charge in [-0.15, -0.1) is 30.6 Å². The number of halogens is 3. The molecule has 6 aliphatic heterocycles. The maximum Gasteiger partial charge on any atom is 0.239 e. The van der Waals surface area contributed by atoms with Gasteiger partial charge in [-0.25, -0.2) is 28.1 Å². The number of carbonyl (C=O) groups is 2. The number of hydrogen-bond donors (Lipinski definition) is 3. The van der Waals surface area contributed by atoms with Crippen molar-refractivity contribution in [3.05, 3.63) is 288 Å². The van der Waals surface area contributed by atoms with Gasteiger partial charge >= 0.3 is 0 Å². The van der Waals surface area contributed by atoms with E-state index in [-0.39, 0.29) is 24.0 Å². The summed E-state index contributed by atoms with van der Waals surface area (Å²) in [6, 6.07) is 60.1. The van der Waals surface area contributed by atoms with Gasteiger partial charge in [0, 0.05) is 210 Å². The molecule has 6 aliphatic rings. The average molecular weight is 1970 g/mol. The molecule has 6 saturated heterocycles. The first-order valence-corrected chi connectivity index (χ1v) is 49.1. The molecule has 2 unspecified atom stereocenters. The van der Waals surface area contributed by atoms with Crippen LogP contribution in [-0.2, 0) is 23.8 Å². The fraction of sp³-hybridized carbons (Fsp3) is 0.302. The summed E-state index contributed by atoms with van der Waals surface area (Å²) in [5, 5.41) is 44.0. The largest absolute Gasteiger partial charge is 0.383 e. The van der Waals surface area contributed by atoms with Gasteiger partial charge in [-0.05, 0) is 193 Å². The summed E-state index contributed by atoms with van der Waals surface area (Å²) in [7, 11) is 3.74. The second kappa shape index (κ2) is 44.1. The highest BCUT2D eigenvalue weighted by Crippen LogP contribution is 2.39. The Bertz CT molecular complexity index is 7230. The molecule has 36 heteroatoms. The van der Waals surface area contributed by atoms with E-state index >= 15 is 0 Å². The van der Waals surface area contributed by atoms with E-state index in [0.717, 1.165) is 218 Å². The highest BCUT2D eigenvalue weighted by atomic mass is 35.5. The number of rotatable bonds is 17. The summed E-state index contributed by atoms with van der Waals surface area (Å²) in [5.74, 6) is 5.88. The predicted molar refractivity (Wildman–Crippen MR) is 563 cm³/mol. The van der Waals surface area contributed by atoms with Crippen molar-refractivity contribution in [2.75, 3.05) is 161 Å². The quantitative estimate of drug-likeness (QED) is 0.0762. The van der Waals surface area contributed by atoms with Crippen molar-refractivity contribution in [1.82, 2.24) is 104 Å². The number of amides is 2. The topological polar surface area (TPSA) is 319 Å². The lowest BCUT2D eigenvalue weighted by Gasteiger charge is -2.35. The Hall–Kier alpha value is -14.6. The van der Waals surface area contributed by atoms with Crippen LogP contribution in [0.4, 0.5) is 34.9 Å². The number of fused-ring (bicyclic) bond motifs is 8. The van der Waals surface area contributed by atoms with Crippen LogP contribution in [0.25, 0.3) is 99.5 Å². The summed E-state index contributed by atoms with van der Waals surface area (Å²) in [5.41, 5.74) is 21.1. The minimum Gasteiger partial charge on any atom is -0.383 e. The van der Waals surface area contributed by atoms with E-state index in [4.69, 9.17) is 85.3 Å². The zero-order valence-electron chi connectivity index (χ0n) is 80.3. The molecule has 728 valence electrons. The molecule has 2 bridgehead atoms. The number of nitrogens with zero attached hydrogens (tertiary/aromatic N) is 25. The maximum absolute atomic E-state index is 12.1. The van der Waals surface area contributed by atoms with Gasteiger partial charge in [0.1, 0.15) is 0 Å². The van der Waals surface area contributed by atoms with Crippen molar-refractivity contribution < 1.29 is 23.8 Å². The van der Waals surface area contributed by atoms with E-state index in [1.807, 2.05) is 216 Å². The number of likely N-dealkylation sites (N-methyl/N-ethyl adjacent to an activating group) is 1. The molecule has 0 radical (unpaired) electrons.